The minimum Gasteiger partial charge on any atom is -0.493 e. The summed E-state index contributed by atoms with van der Waals surface area (Å²) in [5, 5.41) is 0. The molecule has 1 aliphatic carbocycles. The summed E-state index contributed by atoms with van der Waals surface area (Å²) in [6, 6.07) is 4.59. The third-order valence-electron chi connectivity index (χ3n) is 3.65. The average Bonchev–Trinajstić information content (AvgIpc) is 3.20. The van der Waals surface area contributed by atoms with Crippen LogP contribution in [0.25, 0.3) is 0 Å². The molecule has 17 heavy (non-hydrogen) atoms. The van der Waals surface area contributed by atoms with E-state index >= 15 is 0 Å². The topological polar surface area (TPSA) is 30.8 Å². The highest BCUT2D eigenvalue weighted by molar-refractivity contribution is 5.84. The highest BCUT2D eigenvalue weighted by Gasteiger charge is 2.32. The minimum absolute atomic E-state index is 0.487. The van der Waals surface area contributed by atoms with Crippen molar-refractivity contribution in [3.8, 4) is 11.5 Å². The molecule has 0 unspecified atom stereocenters. The van der Waals surface area contributed by atoms with Gasteiger partial charge in [0.1, 0.15) is 0 Å². The smallest absolute Gasteiger partial charge is 0.161 e. The molecule has 1 saturated carbocycles. The normalized spacial score (nSPS) is 22.1. The number of rotatable bonds is 3. The van der Waals surface area contributed by atoms with Gasteiger partial charge < -0.3 is 9.47 Å². The van der Waals surface area contributed by atoms with E-state index in [9.17, 15) is 0 Å². The van der Waals surface area contributed by atoms with E-state index in [2.05, 4.69) is 11.1 Å². The van der Waals surface area contributed by atoms with Gasteiger partial charge >= 0.3 is 0 Å². The second-order valence-electron chi connectivity index (χ2n) is 4.79. The largest absolute Gasteiger partial charge is 0.493 e. The molecule has 3 rings (SSSR count). The van der Waals surface area contributed by atoms with Crippen molar-refractivity contribution < 1.29 is 9.47 Å². The van der Waals surface area contributed by atoms with Crippen LogP contribution in [-0.4, -0.2) is 26.5 Å². The Morgan fingerprint density at radius 2 is 1.82 bits per heavy atom. The summed E-state index contributed by atoms with van der Waals surface area (Å²) in [7, 11) is 3.34. The Kier molecular flexibility index (Phi) is 2.54. The Bertz CT molecular complexity index is 464. The number of fused-ring (bicyclic) bond motifs is 1. The fraction of sp³-hybridized carbons (Fsp3) is 0.500. The SMILES string of the molecule is COc1cc2c(cc1OC)C[C@H](C1CC1)N=C2. The van der Waals surface area contributed by atoms with Gasteiger partial charge in [-0.1, -0.05) is 0 Å². The highest BCUT2D eigenvalue weighted by Crippen LogP contribution is 2.39. The third-order valence-corrected chi connectivity index (χ3v) is 3.65. The molecule has 0 aromatic heterocycles. The van der Waals surface area contributed by atoms with Crippen LogP contribution in [0.1, 0.15) is 24.0 Å². The Morgan fingerprint density at radius 1 is 1.12 bits per heavy atom. The van der Waals surface area contributed by atoms with Crippen LogP contribution in [0.4, 0.5) is 0 Å². The van der Waals surface area contributed by atoms with Crippen molar-refractivity contribution in [3.05, 3.63) is 23.3 Å². The summed E-state index contributed by atoms with van der Waals surface area (Å²) in [4.78, 5) is 4.64. The highest BCUT2D eigenvalue weighted by atomic mass is 16.5. The van der Waals surface area contributed by atoms with E-state index in [4.69, 9.17) is 9.47 Å². The molecule has 0 saturated heterocycles. The van der Waals surface area contributed by atoms with Gasteiger partial charge in [0.15, 0.2) is 11.5 Å². The van der Waals surface area contributed by atoms with Gasteiger partial charge in [-0.05, 0) is 48.4 Å². The van der Waals surface area contributed by atoms with Crippen molar-refractivity contribution in [1.82, 2.24) is 0 Å². The van der Waals surface area contributed by atoms with Crippen molar-refractivity contribution >= 4 is 6.21 Å². The molecule has 0 radical (unpaired) electrons. The van der Waals surface area contributed by atoms with E-state index in [1.807, 2.05) is 12.3 Å². The van der Waals surface area contributed by atoms with E-state index in [-0.39, 0.29) is 0 Å². The van der Waals surface area contributed by atoms with Crippen molar-refractivity contribution in [2.75, 3.05) is 14.2 Å². The lowest BCUT2D eigenvalue weighted by Crippen LogP contribution is -2.17. The fourth-order valence-corrected chi connectivity index (χ4v) is 2.46. The first-order chi connectivity index (χ1) is 8.31. The summed E-state index contributed by atoms with van der Waals surface area (Å²) in [5.41, 5.74) is 2.49. The van der Waals surface area contributed by atoms with Gasteiger partial charge in [0.05, 0.1) is 20.3 Å². The summed E-state index contributed by atoms with van der Waals surface area (Å²) in [6.45, 7) is 0. The van der Waals surface area contributed by atoms with Gasteiger partial charge in [0.2, 0.25) is 0 Å². The molecule has 1 aromatic carbocycles. The van der Waals surface area contributed by atoms with Crippen LogP contribution in [0.5, 0.6) is 11.5 Å². The van der Waals surface area contributed by atoms with Gasteiger partial charge in [-0.15, -0.1) is 0 Å². The van der Waals surface area contributed by atoms with Crippen LogP contribution in [-0.2, 0) is 6.42 Å². The Labute approximate surface area is 101 Å². The van der Waals surface area contributed by atoms with Gasteiger partial charge in [-0.3, -0.25) is 4.99 Å². The molecule has 1 fully saturated rings. The number of hydrogen-bond acceptors (Lipinski definition) is 3. The predicted molar refractivity (Wildman–Crippen MR) is 67.4 cm³/mol. The lowest BCUT2D eigenvalue weighted by molar-refractivity contribution is 0.354. The molecule has 0 N–H and O–H groups in total. The molecular weight excluding hydrogens is 214 g/mol. The van der Waals surface area contributed by atoms with Crippen LogP contribution in [0, 0.1) is 5.92 Å². The molecule has 0 spiro atoms. The lowest BCUT2D eigenvalue weighted by atomic mass is 9.95. The van der Waals surface area contributed by atoms with Crippen molar-refractivity contribution in [3.63, 3.8) is 0 Å². The van der Waals surface area contributed by atoms with Crippen molar-refractivity contribution in [2.24, 2.45) is 10.9 Å². The Balaban J connectivity index is 1.95. The van der Waals surface area contributed by atoms with E-state index in [1.54, 1.807) is 14.2 Å². The fourth-order valence-electron chi connectivity index (χ4n) is 2.46. The first-order valence-corrected chi connectivity index (χ1v) is 6.10. The third kappa shape index (κ3) is 1.90. The molecular formula is C14H17NO2. The van der Waals surface area contributed by atoms with Crippen LogP contribution in [0.15, 0.2) is 17.1 Å². The summed E-state index contributed by atoms with van der Waals surface area (Å²) in [5.74, 6) is 2.41. The molecule has 3 nitrogen and oxygen atoms in total. The number of methoxy groups -OCH3 is 2. The Hall–Kier alpha value is -1.51. The average molecular weight is 231 g/mol. The second kappa shape index (κ2) is 4.06. The summed E-state index contributed by atoms with van der Waals surface area (Å²) >= 11 is 0. The van der Waals surface area contributed by atoms with Crippen LogP contribution in [0.3, 0.4) is 0 Å². The molecule has 0 bridgehead atoms. The molecule has 0 amide bonds. The summed E-state index contributed by atoms with van der Waals surface area (Å²) < 4.78 is 10.6. The number of ether oxygens (including phenoxy) is 2. The van der Waals surface area contributed by atoms with E-state index < -0.39 is 0 Å². The maximum absolute atomic E-state index is 5.34. The molecule has 1 atom stereocenters. The predicted octanol–water partition coefficient (Wildman–Crippen LogP) is 2.46. The van der Waals surface area contributed by atoms with Crippen LogP contribution in [0.2, 0.25) is 0 Å². The first kappa shape index (κ1) is 10.6. The maximum Gasteiger partial charge on any atom is 0.161 e. The van der Waals surface area contributed by atoms with E-state index in [0.29, 0.717) is 6.04 Å². The standard InChI is InChI=1S/C14H17NO2/c1-16-13-6-10-5-12(9-3-4-9)15-8-11(10)7-14(13)17-2/h6-9,12H,3-5H2,1-2H3/t12-/m1/s1. The molecule has 2 aliphatic rings. The number of aliphatic imine (C=N–C) groups is 1. The van der Waals surface area contributed by atoms with Crippen LogP contribution < -0.4 is 9.47 Å². The van der Waals surface area contributed by atoms with Crippen LogP contribution >= 0.6 is 0 Å². The number of benzene rings is 1. The van der Waals surface area contributed by atoms with E-state index in [1.165, 1.54) is 24.0 Å². The molecule has 90 valence electrons. The number of hydrogen-bond donors (Lipinski definition) is 0. The first-order valence-electron chi connectivity index (χ1n) is 6.10. The van der Waals surface area contributed by atoms with Crippen molar-refractivity contribution in [2.45, 2.75) is 25.3 Å². The quantitative estimate of drug-likeness (QED) is 0.800. The molecule has 1 aliphatic heterocycles. The lowest BCUT2D eigenvalue weighted by Gasteiger charge is -2.20. The second-order valence-corrected chi connectivity index (χ2v) is 4.79. The molecule has 1 aromatic rings. The van der Waals surface area contributed by atoms with Crippen molar-refractivity contribution in [1.29, 1.82) is 0 Å². The zero-order valence-electron chi connectivity index (χ0n) is 10.3. The van der Waals surface area contributed by atoms with Gasteiger partial charge in [-0.2, -0.15) is 0 Å². The Morgan fingerprint density at radius 3 is 2.47 bits per heavy atom. The monoisotopic (exact) mass is 231 g/mol. The summed E-state index contributed by atoms with van der Waals surface area (Å²) in [6.07, 6.45) is 5.70. The minimum atomic E-state index is 0.487. The van der Waals surface area contributed by atoms with Gasteiger partial charge in [0.25, 0.3) is 0 Å². The maximum atomic E-state index is 5.34. The van der Waals surface area contributed by atoms with Gasteiger partial charge in [0, 0.05) is 6.21 Å². The molecule has 3 heteroatoms. The van der Waals surface area contributed by atoms with Gasteiger partial charge in [-0.25, -0.2) is 0 Å². The molecule has 1 heterocycles. The van der Waals surface area contributed by atoms with E-state index in [0.717, 1.165) is 23.8 Å². The zero-order valence-corrected chi connectivity index (χ0v) is 10.3. The zero-order chi connectivity index (χ0) is 11.8. The number of nitrogens with zero attached hydrogens (tertiary/aromatic N) is 1.